The molecule has 2 aromatic rings. The molecule has 2 heterocycles. The van der Waals surface area contributed by atoms with Crippen molar-refractivity contribution in [3.63, 3.8) is 0 Å². The highest BCUT2D eigenvalue weighted by molar-refractivity contribution is 5.81. The molecule has 0 bridgehead atoms. The highest BCUT2D eigenvalue weighted by Gasteiger charge is 2.07. The molecule has 0 spiro atoms. The molecule has 0 atom stereocenters. The molecule has 0 unspecified atom stereocenters. The first-order chi connectivity index (χ1) is 7.13. The average Bonchev–Trinajstić information content (AvgIpc) is 2.17. The summed E-state index contributed by atoms with van der Waals surface area (Å²) in [6.07, 6.45) is 0. The van der Waals surface area contributed by atoms with Gasteiger partial charge in [-0.05, 0) is 26.0 Å². The van der Waals surface area contributed by atoms with Crippen LogP contribution in [0.25, 0.3) is 11.0 Å². The number of fused-ring (bicyclic) bond motifs is 1. The molecule has 0 saturated carbocycles. The fourth-order valence-electron chi connectivity index (χ4n) is 1.63. The zero-order chi connectivity index (χ0) is 11.0. The van der Waals surface area contributed by atoms with Crippen LogP contribution in [0.1, 0.15) is 12.6 Å². The smallest absolute Gasteiger partial charge is 0.255 e. The standard InChI is InChI=1S/C11H12N2O2/c1-3-13-10(15)6-9(14)8-5-4-7(2)12-11(8)13/h4-6,14H,3H2,1-2H3. The Labute approximate surface area is 86.8 Å². The molecule has 0 aliphatic rings. The molecule has 2 rings (SSSR count). The summed E-state index contributed by atoms with van der Waals surface area (Å²) in [5.74, 6) is -0.00722. The molecule has 4 heteroatoms. The maximum absolute atomic E-state index is 11.6. The van der Waals surface area contributed by atoms with Gasteiger partial charge in [-0.2, -0.15) is 0 Å². The molecule has 15 heavy (non-hydrogen) atoms. The minimum Gasteiger partial charge on any atom is -0.507 e. The number of aromatic hydroxyl groups is 1. The van der Waals surface area contributed by atoms with Crippen LogP contribution < -0.4 is 5.56 Å². The van der Waals surface area contributed by atoms with Crippen LogP contribution in [0, 0.1) is 6.92 Å². The molecular weight excluding hydrogens is 192 g/mol. The first-order valence-corrected chi connectivity index (χ1v) is 4.83. The quantitative estimate of drug-likeness (QED) is 0.764. The van der Waals surface area contributed by atoms with Gasteiger partial charge in [0.15, 0.2) is 0 Å². The van der Waals surface area contributed by atoms with E-state index < -0.39 is 0 Å². The van der Waals surface area contributed by atoms with E-state index in [9.17, 15) is 9.90 Å². The Morgan fingerprint density at radius 2 is 2.20 bits per heavy atom. The van der Waals surface area contributed by atoms with Crippen LogP contribution in [0.4, 0.5) is 0 Å². The van der Waals surface area contributed by atoms with Gasteiger partial charge in [-0.3, -0.25) is 9.36 Å². The lowest BCUT2D eigenvalue weighted by Crippen LogP contribution is -2.19. The second-order valence-electron chi connectivity index (χ2n) is 3.44. The predicted octanol–water partition coefficient (Wildman–Crippen LogP) is 1.43. The molecule has 78 valence electrons. The topological polar surface area (TPSA) is 55.1 Å². The highest BCUT2D eigenvalue weighted by Crippen LogP contribution is 2.20. The predicted molar refractivity (Wildman–Crippen MR) is 58.1 cm³/mol. The fraction of sp³-hybridized carbons (Fsp3) is 0.273. The van der Waals surface area contributed by atoms with Crippen molar-refractivity contribution in [1.82, 2.24) is 9.55 Å². The van der Waals surface area contributed by atoms with E-state index in [2.05, 4.69) is 4.98 Å². The Balaban J connectivity index is 2.98. The van der Waals surface area contributed by atoms with E-state index in [1.807, 2.05) is 19.9 Å². The molecule has 2 aromatic heterocycles. The zero-order valence-electron chi connectivity index (χ0n) is 8.69. The third-order valence-electron chi connectivity index (χ3n) is 2.39. The van der Waals surface area contributed by atoms with Gasteiger partial charge in [0.1, 0.15) is 11.4 Å². The maximum atomic E-state index is 11.6. The number of hydrogen-bond donors (Lipinski definition) is 1. The molecule has 4 nitrogen and oxygen atoms in total. The van der Waals surface area contributed by atoms with Crippen molar-refractivity contribution >= 4 is 11.0 Å². The van der Waals surface area contributed by atoms with Gasteiger partial charge in [-0.1, -0.05) is 0 Å². The second-order valence-corrected chi connectivity index (χ2v) is 3.44. The monoisotopic (exact) mass is 204 g/mol. The summed E-state index contributed by atoms with van der Waals surface area (Å²) >= 11 is 0. The van der Waals surface area contributed by atoms with E-state index >= 15 is 0 Å². The van der Waals surface area contributed by atoms with Gasteiger partial charge in [0.2, 0.25) is 0 Å². The van der Waals surface area contributed by atoms with Crippen molar-refractivity contribution in [2.24, 2.45) is 0 Å². The second kappa shape index (κ2) is 3.38. The number of nitrogens with zero attached hydrogens (tertiary/aromatic N) is 2. The van der Waals surface area contributed by atoms with Gasteiger partial charge in [-0.15, -0.1) is 0 Å². The Bertz CT molecular complexity index is 573. The number of rotatable bonds is 1. The third kappa shape index (κ3) is 1.48. The van der Waals surface area contributed by atoms with Gasteiger partial charge in [-0.25, -0.2) is 4.98 Å². The normalized spacial score (nSPS) is 10.8. The maximum Gasteiger partial charge on any atom is 0.255 e. The van der Waals surface area contributed by atoms with Crippen molar-refractivity contribution in [1.29, 1.82) is 0 Å². The van der Waals surface area contributed by atoms with Crippen LogP contribution in [-0.4, -0.2) is 14.7 Å². The summed E-state index contributed by atoms with van der Waals surface area (Å²) in [6.45, 7) is 4.28. The number of aromatic nitrogens is 2. The van der Waals surface area contributed by atoms with Crippen molar-refractivity contribution in [3.05, 3.63) is 34.2 Å². The molecule has 0 radical (unpaired) electrons. The summed E-state index contributed by atoms with van der Waals surface area (Å²) in [4.78, 5) is 15.8. The van der Waals surface area contributed by atoms with Gasteiger partial charge >= 0.3 is 0 Å². The van der Waals surface area contributed by atoms with Crippen molar-refractivity contribution in [3.8, 4) is 5.75 Å². The fourth-order valence-corrected chi connectivity index (χ4v) is 1.63. The van der Waals surface area contributed by atoms with Gasteiger partial charge < -0.3 is 5.11 Å². The Morgan fingerprint density at radius 1 is 1.47 bits per heavy atom. The van der Waals surface area contributed by atoms with Crippen molar-refractivity contribution in [2.45, 2.75) is 20.4 Å². The number of hydrogen-bond acceptors (Lipinski definition) is 3. The molecule has 0 fully saturated rings. The van der Waals surface area contributed by atoms with E-state index in [1.165, 1.54) is 6.07 Å². The Hall–Kier alpha value is -1.84. The summed E-state index contributed by atoms with van der Waals surface area (Å²) in [5.41, 5.74) is 1.15. The zero-order valence-corrected chi connectivity index (χ0v) is 8.69. The average molecular weight is 204 g/mol. The number of pyridine rings is 2. The van der Waals surface area contributed by atoms with Crippen LogP contribution in [0.2, 0.25) is 0 Å². The van der Waals surface area contributed by atoms with Crippen LogP contribution in [0.3, 0.4) is 0 Å². The lowest BCUT2D eigenvalue weighted by atomic mass is 10.2. The lowest BCUT2D eigenvalue weighted by Gasteiger charge is -2.08. The first kappa shape index (κ1) is 9.71. The van der Waals surface area contributed by atoms with E-state index in [0.29, 0.717) is 17.6 Å². The third-order valence-corrected chi connectivity index (χ3v) is 2.39. The SMILES string of the molecule is CCn1c(=O)cc(O)c2ccc(C)nc21. The lowest BCUT2D eigenvalue weighted by molar-refractivity contribution is 0.478. The number of aryl methyl sites for hydroxylation is 2. The molecule has 1 N–H and O–H groups in total. The molecule has 0 aromatic carbocycles. The van der Waals surface area contributed by atoms with E-state index in [1.54, 1.807) is 10.6 Å². The molecule has 0 aliphatic carbocycles. The Morgan fingerprint density at radius 3 is 2.87 bits per heavy atom. The Kier molecular flexibility index (Phi) is 2.19. The molecule has 0 saturated heterocycles. The minimum absolute atomic E-state index is 0.00722. The van der Waals surface area contributed by atoms with Crippen LogP contribution in [-0.2, 0) is 6.54 Å². The summed E-state index contributed by atoms with van der Waals surface area (Å²) in [5, 5.41) is 10.2. The van der Waals surface area contributed by atoms with E-state index in [-0.39, 0.29) is 11.3 Å². The van der Waals surface area contributed by atoms with Gasteiger partial charge in [0, 0.05) is 18.3 Å². The summed E-state index contributed by atoms with van der Waals surface area (Å²) in [6, 6.07) is 4.81. The van der Waals surface area contributed by atoms with E-state index in [0.717, 1.165) is 5.69 Å². The van der Waals surface area contributed by atoms with E-state index in [4.69, 9.17) is 0 Å². The molecule has 0 aliphatic heterocycles. The van der Waals surface area contributed by atoms with Crippen molar-refractivity contribution < 1.29 is 5.11 Å². The van der Waals surface area contributed by atoms with Gasteiger partial charge in [0.05, 0.1) is 5.39 Å². The van der Waals surface area contributed by atoms with Crippen molar-refractivity contribution in [2.75, 3.05) is 0 Å². The molecule has 0 amide bonds. The van der Waals surface area contributed by atoms with Gasteiger partial charge in [0.25, 0.3) is 5.56 Å². The largest absolute Gasteiger partial charge is 0.507 e. The van der Waals surface area contributed by atoms with Crippen LogP contribution in [0.5, 0.6) is 5.75 Å². The first-order valence-electron chi connectivity index (χ1n) is 4.83. The summed E-state index contributed by atoms with van der Waals surface area (Å²) < 4.78 is 1.54. The summed E-state index contributed by atoms with van der Waals surface area (Å²) in [7, 11) is 0. The van der Waals surface area contributed by atoms with Crippen LogP contribution in [0.15, 0.2) is 23.0 Å². The molecular formula is C11H12N2O2. The van der Waals surface area contributed by atoms with Crippen LogP contribution >= 0.6 is 0 Å². The highest BCUT2D eigenvalue weighted by atomic mass is 16.3. The minimum atomic E-state index is -0.222.